The lowest BCUT2D eigenvalue weighted by molar-refractivity contribution is -0.127. The fourth-order valence-electron chi connectivity index (χ4n) is 4.48. The number of nitrogens with zero attached hydrogens (tertiary/aromatic N) is 3. The zero-order chi connectivity index (χ0) is 26.7. The third kappa shape index (κ3) is 5.08. The monoisotopic (exact) mass is 539 g/mol. The fourth-order valence-corrected chi connectivity index (χ4v) is 5.65. The number of para-hydroxylation sites is 1. The molecular weight excluding hydrogens is 510 g/mol. The highest BCUT2D eigenvalue weighted by atomic mass is 35.5. The molecule has 2 heterocycles. The number of fused-ring (bicyclic) bond motifs is 1. The maximum atomic E-state index is 13.9. The molecule has 37 heavy (non-hydrogen) atoms. The van der Waals surface area contributed by atoms with E-state index in [1.165, 1.54) is 11.3 Å². The van der Waals surface area contributed by atoms with Crippen LogP contribution in [0, 0.1) is 0 Å². The quantitative estimate of drug-likeness (QED) is 0.431. The minimum atomic E-state index is -0.625. The number of thiazole rings is 1. The lowest BCUT2D eigenvalue weighted by Crippen LogP contribution is -2.43. The summed E-state index contributed by atoms with van der Waals surface area (Å²) in [7, 11) is 1.58. The minimum Gasteiger partial charge on any atom is -0.493 e. The van der Waals surface area contributed by atoms with E-state index in [1.807, 2.05) is 58.0 Å². The van der Waals surface area contributed by atoms with Gasteiger partial charge in [0.2, 0.25) is 0 Å². The SMILES string of the molecule is CCOc1c(/C=c2/sc3n(c2=O)[C@@H](c2ccc(Cl)cc2)C(C(=O)N(CC)CC)=C(C)N=3)cccc1OC. The van der Waals surface area contributed by atoms with E-state index >= 15 is 0 Å². The van der Waals surface area contributed by atoms with Crippen LogP contribution in [0.4, 0.5) is 0 Å². The van der Waals surface area contributed by atoms with Crippen LogP contribution in [0.15, 0.2) is 63.5 Å². The molecular formula is C28H30ClN3O4S. The van der Waals surface area contributed by atoms with Gasteiger partial charge in [-0.15, -0.1) is 0 Å². The molecule has 1 atom stereocenters. The highest BCUT2D eigenvalue weighted by Gasteiger charge is 2.34. The van der Waals surface area contributed by atoms with Crippen molar-refractivity contribution in [2.24, 2.45) is 4.99 Å². The molecule has 1 amide bonds. The summed E-state index contributed by atoms with van der Waals surface area (Å²) in [4.78, 5) is 34.6. The van der Waals surface area contributed by atoms with Gasteiger partial charge in [0, 0.05) is 23.7 Å². The summed E-state index contributed by atoms with van der Waals surface area (Å²) in [6, 6.07) is 12.2. The third-order valence-electron chi connectivity index (χ3n) is 6.29. The van der Waals surface area contributed by atoms with Gasteiger partial charge in [0.1, 0.15) is 0 Å². The van der Waals surface area contributed by atoms with Gasteiger partial charge >= 0.3 is 0 Å². The molecule has 4 rings (SSSR count). The zero-order valence-corrected chi connectivity index (χ0v) is 23.2. The molecule has 0 fully saturated rings. The van der Waals surface area contributed by atoms with Crippen LogP contribution >= 0.6 is 22.9 Å². The summed E-state index contributed by atoms with van der Waals surface area (Å²) >= 11 is 7.45. The summed E-state index contributed by atoms with van der Waals surface area (Å²) in [5.41, 5.74) is 2.37. The highest BCUT2D eigenvalue weighted by Crippen LogP contribution is 2.33. The molecule has 0 aliphatic carbocycles. The molecule has 1 aliphatic heterocycles. The average molecular weight is 540 g/mol. The Balaban J connectivity index is 1.97. The summed E-state index contributed by atoms with van der Waals surface area (Å²) in [5.74, 6) is 1.03. The lowest BCUT2D eigenvalue weighted by atomic mass is 9.94. The van der Waals surface area contributed by atoms with E-state index in [9.17, 15) is 9.59 Å². The number of halogens is 1. The van der Waals surface area contributed by atoms with Crippen LogP contribution in [0.2, 0.25) is 5.02 Å². The van der Waals surface area contributed by atoms with E-state index in [2.05, 4.69) is 0 Å². The van der Waals surface area contributed by atoms with Crippen molar-refractivity contribution in [1.82, 2.24) is 9.47 Å². The number of allylic oxidation sites excluding steroid dienone is 1. The Kier molecular flexibility index (Phi) is 8.19. The first-order valence-electron chi connectivity index (χ1n) is 12.2. The molecule has 2 aromatic carbocycles. The predicted octanol–water partition coefficient (Wildman–Crippen LogP) is 4.16. The Morgan fingerprint density at radius 3 is 2.49 bits per heavy atom. The van der Waals surface area contributed by atoms with Gasteiger partial charge in [-0.1, -0.05) is 47.2 Å². The Labute approximate surface area is 224 Å². The highest BCUT2D eigenvalue weighted by molar-refractivity contribution is 7.07. The Morgan fingerprint density at radius 1 is 1.16 bits per heavy atom. The number of benzene rings is 2. The topological polar surface area (TPSA) is 73.1 Å². The summed E-state index contributed by atoms with van der Waals surface area (Å²) in [6.07, 6.45) is 1.79. The summed E-state index contributed by atoms with van der Waals surface area (Å²) in [6.45, 7) is 9.16. The van der Waals surface area contributed by atoms with Gasteiger partial charge in [0.05, 0.1) is 35.6 Å². The number of ether oxygens (including phenoxy) is 2. The normalized spacial score (nSPS) is 15.3. The van der Waals surface area contributed by atoms with Crippen LogP contribution < -0.4 is 24.4 Å². The fraction of sp³-hybridized carbons (Fsp3) is 0.321. The van der Waals surface area contributed by atoms with Crippen LogP contribution in [0.25, 0.3) is 6.08 Å². The lowest BCUT2D eigenvalue weighted by Gasteiger charge is -2.29. The first-order chi connectivity index (χ1) is 17.8. The van der Waals surface area contributed by atoms with Gasteiger partial charge in [-0.25, -0.2) is 4.99 Å². The van der Waals surface area contributed by atoms with Crippen LogP contribution in [-0.4, -0.2) is 42.2 Å². The standard InChI is InChI=1S/C28H30ClN3O4S/c1-6-31(7-2)27(34)23-17(4)30-28-32(24(23)18-12-14-20(29)15-13-18)26(33)22(37-28)16-19-10-9-11-21(35-5)25(19)36-8-3/h9-16,24H,6-8H2,1-5H3/b22-16+/t24-/m0/s1. The Bertz CT molecular complexity index is 1520. The predicted molar refractivity (Wildman–Crippen MR) is 147 cm³/mol. The smallest absolute Gasteiger partial charge is 0.271 e. The van der Waals surface area contributed by atoms with Crippen molar-refractivity contribution in [1.29, 1.82) is 0 Å². The summed E-state index contributed by atoms with van der Waals surface area (Å²) in [5, 5.41) is 0.579. The summed E-state index contributed by atoms with van der Waals surface area (Å²) < 4.78 is 13.4. The second kappa shape index (κ2) is 11.4. The van der Waals surface area contributed by atoms with Gasteiger partial charge in [0.25, 0.3) is 11.5 Å². The Hall–Kier alpha value is -3.36. The first kappa shape index (κ1) is 26.7. The molecule has 0 unspecified atom stereocenters. The van der Waals surface area contributed by atoms with E-state index < -0.39 is 6.04 Å². The molecule has 194 valence electrons. The van der Waals surface area contributed by atoms with E-state index in [-0.39, 0.29) is 11.5 Å². The Morgan fingerprint density at radius 2 is 1.86 bits per heavy atom. The number of amides is 1. The van der Waals surface area contributed by atoms with Crippen molar-refractivity contribution in [3.63, 3.8) is 0 Å². The molecule has 0 bridgehead atoms. The second-order valence-corrected chi connectivity index (χ2v) is 9.87. The second-order valence-electron chi connectivity index (χ2n) is 8.42. The van der Waals surface area contributed by atoms with Crippen molar-refractivity contribution in [2.75, 3.05) is 26.8 Å². The van der Waals surface area contributed by atoms with Crippen molar-refractivity contribution < 1.29 is 14.3 Å². The van der Waals surface area contributed by atoms with Crippen LogP contribution in [0.1, 0.15) is 44.9 Å². The maximum Gasteiger partial charge on any atom is 0.271 e. The van der Waals surface area contributed by atoms with E-state index in [4.69, 9.17) is 26.1 Å². The largest absolute Gasteiger partial charge is 0.493 e. The number of likely N-dealkylation sites (N-methyl/N-ethyl adjacent to an activating group) is 1. The zero-order valence-electron chi connectivity index (χ0n) is 21.6. The molecule has 1 aromatic heterocycles. The van der Waals surface area contributed by atoms with Gasteiger partial charge in [-0.05, 0) is 57.5 Å². The van der Waals surface area contributed by atoms with Crippen molar-refractivity contribution in [3.05, 3.63) is 89.6 Å². The molecule has 9 heteroatoms. The van der Waals surface area contributed by atoms with Crippen LogP contribution in [-0.2, 0) is 4.79 Å². The van der Waals surface area contributed by atoms with Crippen molar-refractivity contribution in [2.45, 2.75) is 33.7 Å². The van der Waals surface area contributed by atoms with Crippen LogP contribution in [0.5, 0.6) is 11.5 Å². The molecule has 0 saturated carbocycles. The number of carbonyl (C=O) groups excluding carboxylic acids is 1. The van der Waals surface area contributed by atoms with Crippen LogP contribution in [0.3, 0.4) is 0 Å². The number of hydrogen-bond donors (Lipinski definition) is 0. The average Bonchev–Trinajstić information content (AvgIpc) is 3.19. The van der Waals surface area contributed by atoms with E-state index in [0.29, 0.717) is 56.8 Å². The maximum absolute atomic E-state index is 13.9. The van der Waals surface area contributed by atoms with Gasteiger partial charge in [-0.2, -0.15) is 0 Å². The number of hydrogen-bond acceptors (Lipinski definition) is 6. The van der Waals surface area contributed by atoms with E-state index in [0.717, 1.165) is 11.1 Å². The van der Waals surface area contributed by atoms with E-state index in [1.54, 1.807) is 34.8 Å². The third-order valence-corrected chi connectivity index (χ3v) is 7.53. The van der Waals surface area contributed by atoms with Crippen molar-refractivity contribution >= 4 is 34.9 Å². The molecule has 0 N–H and O–H groups in total. The molecule has 0 spiro atoms. The van der Waals surface area contributed by atoms with Gasteiger partial charge < -0.3 is 14.4 Å². The van der Waals surface area contributed by atoms with Gasteiger partial charge in [0.15, 0.2) is 16.3 Å². The molecule has 1 aliphatic rings. The number of methoxy groups -OCH3 is 1. The number of aromatic nitrogens is 1. The molecule has 3 aromatic rings. The number of rotatable bonds is 8. The molecule has 7 nitrogen and oxygen atoms in total. The van der Waals surface area contributed by atoms with Crippen molar-refractivity contribution in [3.8, 4) is 11.5 Å². The number of carbonyl (C=O) groups is 1. The first-order valence-corrected chi connectivity index (χ1v) is 13.4. The van der Waals surface area contributed by atoms with Gasteiger partial charge in [-0.3, -0.25) is 14.2 Å². The minimum absolute atomic E-state index is 0.132. The molecule has 0 saturated heterocycles. The molecule has 0 radical (unpaired) electrons.